The number of hydrogen-bond acceptors (Lipinski definition) is 9. The number of nitrogens with zero attached hydrogens (tertiary/aromatic N) is 2. The molecule has 0 atom stereocenters. The lowest BCUT2D eigenvalue weighted by Crippen LogP contribution is -2.18. The van der Waals surface area contributed by atoms with Gasteiger partial charge in [-0.2, -0.15) is 0 Å². The summed E-state index contributed by atoms with van der Waals surface area (Å²) in [5.74, 6) is -1.58. The molecule has 6 rings (SSSR count). The van der Waals surface area contributed by atoms with E-state index in [4.69, 9.17) is 13.6 Å². The van der Waals surface area contributed by atoms with Crippen molar-refractivity contribution >= 4 is 17.0 Å². The Morgan fingerprint density at radius 2 is 1.70 bits per heavy atom. The predicted octanol–water partition coefficient (Wildman–Crippen LogP) is 3.60. The van der Waals surface area contributed by atoms with Crippen molar-refractivity contribution in [3.8, 4) is 22.5 Å². The molecular formula is C28H20N4O8. The molecule has 0 saturated heterocycles. The second-order valence-electron chi connectivity index (χ2n) is 8.91. The number of para-hydroxylation sites is 1. The summed E-state index contributed by atoms with van der Waals surface area (Å²) >= 11 is 0. The SMILES string of the molecule is Cc1oc(=O)oc1COC(=O)c1cccc2[nH]c(=O)n(Cc3ccc(-c4ccccc4-c4noc(=O)[nH]4)cc3)c12. The van der Waals surface area contributed by atoms with Crippen LogP contribution in [0.25, 0.3) is 33.5 Å². The summed E-state index contributed by atoms with van der Waals surface area (Å²) in [6.45, 7) is 1.40. The van der Waals surface area contributed by atoms with Gasteiger partial charge in [0.05, 0.1) is 23.1 Å². The average molecular weight is 540 g/mol. The van der Waals surface area contributed by atoms with Gasteiger partial charge in [0.25, 0.3) is 0 Å². The summed E-state index contributed by atoms with van der Waals surface area (Å²) in [6, 6.07) is 19.8. The molecule has 3 aromatic carbocycles. The lowest BCUT2D eigenvalue weighted by Gasteiger charge is -2.10. The second-order valence-corrected chi connectivity index (χ2v) is 8.91. The topological polar surface area (TPSA) is 166 Å². The van der Waals surface area contributed by atoms with Gasteiger partial charge in [-0.1, -0.05) is 59.8 Å². The molecule has 200 valence electrons. The molecule has 12 heteroatoms. The number of rotatable bonds is 7. The highest BCUT2D eigenvalue weighted by molar-refractivity contribution is 6.02. The molecule has 0 aliphatic heterocycles. The van der Waals surface area contributed by atoms with Crippen LogP contribution in [0, 0.1) is 6.92 Å². The summed E-state index contributed by atoms with van der Waals surface area (Å²) in [5.41, 5.74) is 3.82. The molecule has 0 bridgehead atoms. The number of ether oxygens (including phenoxy) is 1. The fourth-order valence-electron chi connectivity index (χ4n) is 4.51. The summed E-state index contributed by atoms with van der Waals surface area (Å²) in [4.78, 5) is 53.9. The molecule has 0 unspecified atom stereocenters. The van der Waals surface area contributed by atoms with Crippen LogP contribution in [0.1, 0.15) is 27.4 Å². The summed E-state index contributed by atoms with van der Waals surface area (Å²) < 4.78 is 21.1. The Hall–Kier alpha value is -5.65. The van der Waals surface area contributed by atoms with Gasteiger partial charge >= 0.3 is 23.2 Å². The molecule has 3 aromatic heterocycles. The van der Waals surface area contributed by atoms with Crippen LogP contribution in [0.4, 0.5) is 0 Å². The largest absolute Gasteiger partial charge is 0.519 e. The quantitative estimate of drug-likeness (QED) is 0.288. The minimum atomic E-state index is -0.882. The Morgan fingerprint density at radius 1 is 0.925 bits per heavy atom. The van der Waals surface area contributed by atoms with E-state index < -0.39 is 23.2 Å². The van der Waals surface area contributed by atoms with Gasteiger partial charge in [0, 0.05) is 5.56 Å². The molecule has 2 N–H and O–H groups in total. The first-order chi connectivity index (χ1) is 19.4. The Morgan fingerprint density at radius 3 is 2.40 bits per heavy atom. The van der Waals surface area contributed by atoms with E-state index in [1.807, 2.05) is 48.5 Å². The Bertz CT molecular complexity index is 2040. The van der Waals surface area contributed by atoms with Crippen molar-refractivity contribution in [2.75, 3.05) is 0 Å². The molecule has 0 saturated carbocycles. The summed E-state index contributed by atoms with van der Waals surface area (Å²) in [6.07, 6.45) is 0. The number of benzene rings is 3. The number of hydrogen-bond donors (Lipinski definition) is 2. The van der Waals surface area contributed by atoms with Crippen LogP contribution >= 0.6 is 0 Å². The number of carbonyl (C=O) groups is 1. The lowest BCUT2D eigenvalue weighted by atomic mass is 9.98. The zero-order valence-corrected chi connectivity index (χ0v) is 20.9. The molecule has 0 spiro atoms. The summed E-state index contributed by atoms with van der Waals surface area (Å²) in [5, 5.41) is 3.79. The van der Waals surface area contributed by atoms with Crippen LogP contribution in [0.15, 0.2) is 94.5 Å². The van der Waals surface area contributed by atoms with Crippen LogP contribution < -0.4 is 17.3 Å². The van der Waals surface area contributed by atoms with Crippen LogP contribution in [0.2, 0.25) is 0 Å². The number of imidazole rings is 1. The van der Waals surface area contributed by atoms with E-state index in [0.29, 0.717) is 22.4 Å². The van der Waals surface area contributed by atoms with Crippen LogP contribution in [0.3, 0.4) is 0 Å². The monoisotopic (exact) mass is 540 g/mol. The van der Waals surface area contributed by atoms with Crippen molar-refractivity contribution in [1.29, 1.82) is 0 Å². The van der Waals surface area contributed by atoms with Crippen molar-refractivity contribution < 1.29 is 22.9 Å². The average Bonchev–Trinajstić information content (AvgIpc) is 3.63. The van der Waals surface area contributed by atoms with E-state index in [1.54, 1.807) is 18.2 Å². The van der Waals surface area contributed by atoms with Gasteiger partial charge in [-0.3, -0.25) is 14.1 Å². The number of carbonyl (C=O) groups excluding carboxylic acids is 1. The second kappa shape index (κ2) is 9.91. The van der Waals surface area contributed by atoms with Gasteiger partial charge in [0.2, 0.25) is 0 Å². The first-order valence-corrected chi connectivity index (χ1v) is 12.1. The van der Waals surface area contributed by atoms with Crippen molar-refractivity contribution in [3.05, 3.63) is 121 Å². The normalized spacial score (nSPS) is 11.2. The third kappa shape index (κ3) is 4.58. The lowest BCUT2D eigenvalue weighted by molar-refractivity contribution is 0.0444. The molecule has 40 heavy (non-hydrogen) atoms. The van der Waals surface area contributed by atoms with Crippen molar-refractivity contribution in [2.24, 2.45) is 0 Å². The fourth-order valence-corrected chi connectivity index (χ4v) is 4.51. The zero-order chi connectivity index (χ0) is 27.8. The van der Waals surface area contributed by atoms with Gasteiger partial charge in [-0.25, -0.2) is 19.2 Å². The fraction of sp³-hybridized carbons (Fsp3) is 0.107. The van der Waals surface area contributed by atoms with Gasteiger partial charge in [0.1, 0.15) is 0 Å². The van der Waals surface area contributed by atoms with E-state index in [1.165, 1.54) is 11.5 Å². The van der Waals surface area contributed by atoms with E-state index in [9.17, 15) is 19.2 Å². The predicted molar refractivity (Wildman–Crippen MR) is 141 cm³/mol. The van der Waals surface area contributed by atoms with Gasteiger partial charge in [0.15, 0.2) is 24.0 Å². The zero-order valence-electron chi connectivity index (χ0n) is 20.9. The smallest absolute Gasteiger partial charge is 0.454 e. The molecular weight excluding hydrogens is 520 g/mol. The minimum Gasteiger partial charge on any atom is -0.454 e. The maximum absolute atomic E-state index is 13.0. The van der Waals surface area contributed by atoms with Gasteiger partial charge in [-0.15, -0.1) is 0 Å². The van der Waals surface area contributed by atoms with Crippen molar-refractivity contribution in [3.63, 3.8) is 0 Å². The van der Waals surface area contributed by atoms with E-state index in [-0.39, 0.29) is 30.2 Å². The molecule has 0 aliphatic rings. The Kier molecular flexibility index (Phi) is 6.11. The third-order valence-electron chi connectivity index (χ3n) is 6.41. The van der Waals surface area contributed by atoms with E-state index in [2.05, 4.69) is 19.6 Å². The summed E-state index contributed by atoms with van der Waals surface area (Å²) in [7, 11) is 0. The molecule has 0 aliphatic carbocycles. The molecule has 3 heterocycles. The highest BCUT2D eigenvalue weighted by Crippen LogP contribution is 2.30. The van der Waals surface area contributed by atoms with Crippen LogP contribution in [-0.4, -0.2) is 25.7 Å². The Labute approximate surface area is 223 Å². The number of aromatic amines is 2. The van der Waals surface area contributed by atoms with Crippen molar-refractivity contribution in [2.45, 2.75) is 20.1 Å². The standard InChI is InChI=1S/C28H20N4O8/c1-15-22(39-28(36)38-15)14-37-25(33)20-7-4-8-21-23(20)32(26(34)29-21)13-16-9-11-17(12-10-16)18-5-2-3-6-19(18)24-30-27(35)40-31-24/h2-12H,13-14H2,1H3,(H,29,34)(H,30,31,35). The van der Waals surface area contributed by atoms with E-state index in [0.717, 1.165) is 16.7 Å². The van der Waals surface area contributed by atoms with Crippen LogP contribution in [0.5, 0.6) is 0 Å². The first-order valence-electron chi connectivity index (χ1n) is 12.1. The molecule has 12 nitrogen and oxygen atoms in total. The highest BCUT2D eigenvalue weighted by Gasteiger charge is 2.20. The number of H-pyrrole nitrogens is 2. The minimum absolute atomic E-state index is 0.105. The van der Waals surface area contributed by atoms with Crippen molar-refractivity contribution in [1.82, 2.24) is 19.7 Å². The highest BCUT2D eigenvalue weighted by atomic mass is 16.6. The maximum Gasteiger partial charge on any atom is 0.519 e. The number of aryl methyl sites for hydroxylation is 1. The third-order valence-corrected chi connectivity index (χ3v) is 6.41. The number of aromatic nitrogens is 4. The first kappa shape index (κ1) is 24.7. The van der Waals surface area contributed by atoms with Crippen LogP contribution in [-0.2, 0) is 17.9 Å². The van der Waals surface area contributed by atoms with Gasteiger partial charge in [-0.05, 0) is 35.7 Å². The molecule has 6 aromatic rings. The van der Waals surface area contributed by atoms with Gasteiger partial charge < -0.3 is 18.6 Å². The number of fused-ring (bicyclic) bond motifs is 1. The number of nitrogens with one attached hydrogen (secondary N) is 2. The molecule has 0 fully saturated rings. The number of esters is 1. The Balaban J connectivity index is 1.29. The molecule has 0 radical (unpaired) electrons. The molecule has 0 amide bonds. The van der Waals surface area contributed by atoms with E-state index >= 15 is 0 Å². The maximum atomic E-state index is 13.0.